The van der Waals surface area contributed by atoms with Gasteiger partial charge in [-0.05, 0) is 68.9 Å². The van der Waals surface area contributed by atoms with Gasteiger partial charge in [0.2, 0.25) is 0 Å². The van der Waals surface area contributed by atoms with Crippen LogP contribution in [0.2, 0.25) is 0 Å². The monoisotopic (exact) mass is 294 g/mol. The Morgan fingerprint density at radius 1 is 1.05 bits per heavy atom. The Morgan fingerprint density at radius 2 is 1.81 bits per heavy atom. The Hall–Kier alpha value is -0.0800. The zero-order valence-corrected chi connectivity index (χ0v) is 14.9. The molecule has 0 aromatic carbocycles. The van der Waals surface area contributed by atoms with Crippen LogP contribution in [0.15, 0.2) is 0 Å². The van der Waals surface area contributed by atoms with Gasteiger partial charge >= 0.3 is 0 Å². The van der Waals surface area contributed by atoms with Gasteiger partial charge in [-0.15, -0.1) is 0 Å². The lowest BCUT2D eigenvalue weighted by molar-refractivity contribution is 0.104. The molecule has 0 radical (unpaired) electrons. The van der Waals surface area contributed by atoms with Crippen LogP contribution in [0.25, 0.3) is 0 Å². The van der Waals surface area contributed by atoms with Gasteiger partial charge < -0.3 is 10.2 Å². The van der Waals surface area contributed by atoms with Crippen molar-refractivity contribution in [3.8, 4) is 0 Å². The van der Waals surface area contributed by atoms with E-state index in [0.29, 0.717) is 0 Å². The highest BCUT2D eigenvalue weighted by atomic mass is 15.1. The highest BCUT2D eigenvalue weighted by Crippen LogP contribution is 2.35. The molecule has 2 rings (SSSR count). The van der Waals surface area contributed by atoms with Gasteiger partial charge in [0.1, 0.15) is 0 Å². The molecule has 0 aliphatic heterocycles. The smallest absolute Gasteiger partial charge is 0.0108 e. The largest absolute Gasteiger partial charge is 0.314 e. The summed E-state index contributed by atoms with van der Waals surface area (Å²) in [5.41, 5.74) is 0. The third kappa shape index (κ3) is 4.96. The second-order valence-electron chi connectivity index (χ2n) is 7.89. The first-order chi connectivity index (χ1) is 10.1. The van der Waals surface area contributed by atoms with Crippen molar-refractivity contribution in [1.82, 2.24) is 10.2 Å². The van der Waals surface area contributed by atoms with Gasteiger partial charge in [-0.3, -0.25) is 0 Å². The third-order valence-electron chi connectivity index (χ3n) is 6.11. The van der Waals surface area contributed by atoms with Crippen LogP contribution in [0.5, 0.6) is 0 Å². The molecule has 0 saturated heterocycles. The molecule has 21 heavy (non-hydrogen) atoms. The van der Waals surface area contributed by atoms with Gasteiger partial charge in [0.05, 0.1) is 0 Å². The summed E-state index contributed by atoms with van der Waals surface area (Å²) in [7, 11) is 0. The third-order valence-corrected chi connectivity index (χ3v) is 6.11. The SMILES string of the molecule is CCNC1CCC(C(C)C)CC1CN(CC)CC1CCC1. The van der Waals surface area contributed by atoms with Gasteiger partial charge in [-0.25, -0.2) is 0 Å². The molecular weight excluding hydrogens is 256 g/mol. The van der Waals surface area contributed by atoms with Crippen molar-refractivity contribution in [3.05, 3.63) is 0 Å². The van der Waals surface area contributed by atoms with Crippen molar-refractivity contribution < 1.29 is 0 Å². The van der Waals surface area contributed by atoms with E-state index in [2.05, 4.69) is 37.9 Å². The predicted octanol–water partition coefficient (Wildman–Crippen LogP) is 4.16. The maximum Gasteiger partial charge on any atom is 0.0108 e. The maximum absolute atomic E-state index is 3.78. The number of rotatable bonds is 8. The molecule has 124 valence electrons. The van der Waals surface area contributed by atoms with Crippen molar-refractivity contribution in [1.29, 1.82) is 0 Å². The Morgan fingerprint density at radius 3 is 2.33 bits per heavy atom. The fraction of sp³-hybridized carbons (Fsp3) is 1.00. The number of nitrogens with zero attached hydrogens (tertiary/aromatic N) is 1. The molecule has 0 aromatic rings. The summed E-state index contributed by atoms with van der Waals surface area (Å²) in [6.45, 7) is 14.5. The van der Waals surface area contributed by atoms with Gasteiger partial charge in [0.15, 0.2) is 0 Å². The predicted molar refractivity (Wildman–Crippen MR) is 92.6 cm³/mol. The summed E-state index contributed by atoms with van der Waals surface area (Å²) in [5, 5.41) is 3.78. The van der Waals surface area contributed by atoms with Crippen molar-refractivity contribution in [2.24, 2.45) is 23.7 Å². The summed E-state index contributed by atoms with van der Waals surface area (Å²) in [6.07, 6.45) is 8.69. The lowest BCUT2D eigenvalue weighted by Gasteiger charge is -2.41. The number of nitrogens with one attached hydrogen (secondary N) is 1. The molecular formula is C19H38N2. The first-order valence-electron chi connectivity index (χ1n) is 9.59. The van der Waals surface area contributed by atoms with Crippen molar-refractivity contribution in [3.63, 3.8) is 0 Å². The fourth-order valence-corrected chi connectivity index (χ4v) is 4.34. The van der Waals surface area contributed by atoms with E-state index < -0.39 is 0 Å². The van der Waals surface area contributed by atoms with E-state index in [1.807, 2.05) is 0 Å². The van der Waals surface area contributed by atoms with Crippen molar-refractivity contribution >= 4 is 0 Å². The zero-order valence-electron chi connectivity index (χ0n) is 14.9. The standard InChI is InChI=1S/C19H38N2/c1-5-20-19-11-10-17(15(3)4)12-18(19)14-21(6-2)13-16-8-7-9-16/h15-20H,5-14H2,1-4H3. The maximum atomic E-state index is 3.78. The lowest BCUT2D eigenvalue weighted by atomic mass is 9.73. The highest BCUT2D eigenvalue weighted by molar-refractivity contribution is 4.88. The highest BCUT2D eigenvalue weighted by Gasteiger charge is 2.32. The van der Waals surface area contributed by atoms with E-state index in [-0.39, 0.29) is 0 Å². The van der Waals surface area contributed by atoms with E-state index in [1.165, 1.54) is 58.2 Å². The van der Waals surface area contributed by atoms with Crippen LogP contribution < -0.4 is 5.32 Å². The molecule has 2 aliphatic carbocycles. The minimum atomic E-state index is 0.764. The molecule has 0 heterocycles. The van der Waals surface area contributed by atoms with Crippen molar-refractivity contribution in [2.75, 3.05) is 26.2 Å². The molecule has 0 bridgehead atoms. The zero-order chi connectivity index (χ0) is 15.2. The molecule has 2 aliphatic rings. The molecule has 2 heteroatoms. The number of hydrogen-bond acceptors (Lipinski definition) is 2. The van der Waals surface area contributed by atoms with E-state index >= 15 is 0 Å². The van der Waals surface area contributed by atoms with Crippen LogP contribution in [0, 0.1) is 23.7 Å². The Bertz CT molecular complexity index is 285. The summed E-state index contributed by atoms with van der Waals surface area (Å²) in [4.78, 5) is 2.75. The normalized spacial score (nSPS) is 30.9. The minimum absolute atomic E-state index is 0.764. The Balaban J connectivity index is 1.89. The van der Waals surface area contributed by atoms with Crippen LogP contribution in [0.3, 0.4) is 0 Å². The molecule has 0 amide bonds. The summed E-state index contributed by atoms with van der Waals surface area (Å²) >= 11 is 0. The molecule has 1 N–H and O–H groups in total. The van der Waals surface area contributed by atoms with Gasteiger partial charge in [0.25, 0.3) is 0 Å². The summed E-state index contributed by atoms with van der Waals surface area (Å²) < 4.78 is 0. The molecule has 3 atom stereocenters. The van der Waals surface area contributed by atoms with E-state index in [9.17, 15) is 0 Å². The Kier molecular flexibility index (Phi) is 7.01. The fourth-order valence-electron chi connectivity index (χ4n) is 4.34. The molecule has 2 fully saturated rings. The first-order valence-corrected chi connectivity index (χ1v) is 9.59. The van der Waals surface area contributed by atoms with Gasteiger partial charge in [0, 0.05) is 19.1 Å². The van der Waals surface area contributed by atoms with Gasteiger partial charge in [-0.1, -0.05) is 34.1 Å². The second-order valence-corrected chi connectivity index (χ2v) is 7.89. The lowest BCUT2D eigenvalue weighted by Crippen LogP contribution is -2.47. The van der Waals surface area contributed by atoms with E-state index in [1.54, 1.807) is 0 Å². The topological polar surface area (TPSA) is 15.3 Å². The molecule has 0 spiro atoms. The number of hydrogen-bond donors (Lipinski definition) is 1. The molecule has 0 aromatic heterocycles. The molecule has 2 saturated carbocycles. The van der Waals surface area contributed by atoms with Crippen LogP contribution in [0.4, 0.5) is 0 Å². The summed E-state index contributed by atoms with van der Waals surface area (Å²) in [6, 6.07) is 0.764. The van der Waals surface area contributed by atoms with E-state index in [0.717, 1.165) is 36.3 Å². The van der Waals surface area contributed by atoms with Crippen LogP contribution in [-0.2, 0) is 0 Å². The Labute approximate surface area is 133 Å². The average molecular weight is 295 g/mol. The molecule has 2 nitrogen and oxygen atoms in total. The van der Waals surface area contributed by atoms with Gasteiger partial charge in [-0.2, -0.15) is 0 Å². The van der Waals surface area contributed by atoms with Crippen molar-refractivity contribution in [2.45, 2.75) is 72.3 Å². The van der Waals surface area contributed by atoms with Crippen LogP contribution in [0.1, 0.15) is 66.2 Å². The summed E-state index contributed by atoms with van der Waals surface area (Å²) in [5.74, 6) is 3.68. The van der Waals surface area contributed by atoms with Crippen LogP contribution in [-0.4, -0.2) is 37.1 Å². The molecule has 3 unspecified atom stereocenters. The average Bonchev–Trinajstić information content (AvgIpc) is 2.43. The first kappa shape index (κ1) is 17.3. The van der Waals surface area contributed by atoms with Crippen LogP contribution >= 0.6 is 0 Å². The quantitative estimate of drug-likeness (QED) is 0.723. The minimum Gasteiger partial charge on any atom is -0.314 e. The second kappa shape index (κ2) is 8.53. The van der Waals surface area contributed by atoms with E-state index in [4.69, 9.17) is 0 Å².